The van der Waals surface area contributed by atoms with Gasteiger partial charge in [-0.2, -0.15) is 0 Å². The van der Waals surface area contributed by atoms with E-state index in [1.807, 2.05) is 22.6 Å². The average Bonchev–Trinajstić information content (AvgIpc) is 2.81. The van der Waals surface area contributed by atoms with Crippen LogP contribution >= 0.6 is 22.6 Å². The second-order valence-corrected chi connectivity index (χ2v) is 4.42. The summed E-state index contributed by atoms with van der Waals surface area (Å²) in [6.07, 6.45) is 1.31. The summed E-state index contributed by atoms with van der Waals surface area (Å²) in [6.45, 7) is 0. The van der Waals surface area contributed by atoms with Crippen molar-refractivity contribution in [2.24, 2.45) is 0 Å². The predicted molar refractivity (Wildman–Crippen MR) is 70.3 cm³/mol. The summed E-state index contributed by atoms with van der Waals surface area (Å²) >= 11 is 1.93. The molecule has 0 saturated carbocycles. The summed E-state index contributed by atoms with van der Waals surface area (Å²) in [5, 5.41) is 16.6. The summed E-state index contributed by atoms with van der Waals surface area (Å²) in [7, 11) is 0. The van der Waals surface area contributed by atoms with E-state index in [-0.39, 0.29) is 17.1 Å². The zero-order chi connectivity index (χ0) is 13.1. The molecule has 1 N–H and O–H groups in total. The Kier molecular flexibility index (Phi) is 3.55. The maximum atomic E-state index is 11.9. The van der Waals surface area contributed by atoms with E-state index >= 15 is 0 Å². The number of amides is 1. The van der Waals surface area contributed by atoms with Crippen LogP contribution in [0, 0.1) is 13.7 Å². The van der Waals surface area contributed by atoms with Crippen LogP contribution in [-0.4, -0.2) is 16.0 Å². The van der Waals surface area contributed by atoms with Crippen LogP contribution in [0.15, 0.2) is 35.1 Å². The molecule has 0 aliphatic carbocycles. The number of nitrogens with one attached hydrogen (secondary N) is 1. The highest BCUT2D eigenvalue weighted by Crippen LogP contribution is 2.20. The fourth-order valence-electron chi connectivity index (χ4n) is 1.26. The van der Waals surface area contributed by atoms with E-state index in [1.165, 1.54) is 30.5 Å². The first-order chi connectivity index (χ1) is 8.58. The molecule has 0 bridgehead atoms. The van der Waals surface area contributed by atoms with Crippen LogP contribution in [-0.2, 0) is 0 Å². The summed E-state index contributed by atoms with van der Waals surface area (Å²) in [5.74, 6) is -0.223. The van der Waals surface area contributed by atoms with Crippen molar-refractivity contribution < 1.29 is 14.2 Å². The van der Waals surface area contributed by atoms with Crippen LogP contribution in [0.5, 0.6) is 0 Å². The summed E-state index contributed by atoms with van der Waals surface area (Å²) in [6, 6.07) is 5.55. The van der Waals surface area contributed by atoms with Gasteiger partial charge < -0.3 is 9.84 Å². The molecule has 0 aliphatic heterocycles. The number of benzene rings is 1. The van der Waals surface area contributed by atoms with E-state index in [1.54, 1.807) is 0 Å². The lowest BCUT2D eigenvalue weighted by atomic mass is 10.2. The van der Waals surface area contributed by atoms with E-state index in [4.69, 9.17) is 0 Å². The summed E-state index contributed by atoms with van der Waals surface area (Å²) in [4.78, 5) is 22.0. The fraction of sp³-hybridized carbons (Fsp3) is 0. The first-order valence-corrected chi connectivity index (χ1v) is 5.81. The molecule has 0 radical (unpaired) electrons. The highest BCUT2D eigenvalue weighted by atomic mass is 127. The molecule has 0 fully saturated rings. The lowest BCUT2D eigenvalue weighted by Crippen LogP contribution is -2.14. The van der Waals surface area contributed by atoms with Crippen molar-refractivity contribution in [2.75, 3.05) is 5.32 Å². The minimum absolute atomic E-state index is 0.138. The van der Waals surface area contributed by atoms with Crippen molar-refractivity contribution in [1.29, 1.82) is 0 Å². The number of hydrogen-bond acceptors (Lipinski definition) is 5. The van der Waals surface area contributed by atoms with Crippen molar-refractivity contribution >= 4 is 40.0 Å². The molecule has 0 aliphatic rings. The van der Waals surface area contributed by atoms with Crippen molar-refractivity contribution in [1.82, 2.24) is 5.16 Å². The maximum absolute atomic E-state index is 11.9. The van der Waals surface area contributed by atoms with Gasteiger partial charge in [0.15, 0.2) is 5.82 Å². The molecule has 0 unspecified atom stereocenters. The standard InChI is InChI=1S/C10H6IN3O4/c11-8-2-1-6(14(16)17)5-7(8)10(15)12-9-3-4-18-13-9/h1-5H,(H,12,13,15). The monoisotopic (exact) mass is 359 g/mol. The normalized spacial score (nSPS) is 10.1. The quantitative estimate of drug-likeness (QED) is 0.516. The van der Waals surface area contributed by atoms with Crippen molar-refractivity contribution in [2.45, 2.75) is 0 Å². The third kappa shape index (κ3) is 2.64. The summed E-state index contributed by atoms with van der Waals surface area (Å²) in [5.41, 5.74) is 0.0773. The topological polar surface area (TPSA) is 98.3 Å². The maximum Gasteiger partial charge on any atom is 0.270 e. The van der Waals surface area contributed by atoms with Gasteiger partial charge in [0.05, 0.1) is 10.5 Å². The smallest absolute Gasteiger partial charge is 0.270 e. The number of aromatic nitrogens is 1. The Labute approximate surface area is 114 Å². The van der Waals surface area contributed by atoms with Gasteiger partial charge in [-0.25, -0.2) is 0 Å². The predicted octanol–water partition coefficient (Wildman–Crippen LogP) is 2.44. The number of hydrogen-bond donors (Lipinski definition) is 1. The number of carbonyl (C=O) groups is 1. The minimum atomic E-state index is -0.553. The zero-order valence-electron chi connectivity index (χ0n) is 8.79. The van der Waals surface area contributed by atoms with E-state index in [9.17, 15) is 14.9 Å². The molecule has 8 heteroatoms. The van der Waals surface area contributed by atoms with Gasteiger partial charge in [0.25, 0.3) is 11.6 Å². The summed E-state index contributed by atoms with van der Waals surface area (Å²) < 4.78 is 5.18. The molecule has 92 valence electrons. The molecule has 7 nitrogen and oxygen atoms in total. The Morgan fingerprint density at radius 3 is 2.83 bits per heavy atom. The molecule has 1 heterocycles. The highest BCUT2D eigenvalue weighted by molar-refractivity contribution is 14.1. The molecule has 18 heavy (non-hydrogen) atoms. The lowest BCUT2D eigenvalue weighted by molar-refractivity contribution is -0.384. The van der Waals surface area contributed by atoms with Gasteiger partial charge >= 0.3 is 0 Å². The molecule has 1 aromatic heterocycles. The number of nitro groups is 1. The van der Waals surface area contributed by atoms with Crippen LogP contribution in [0.25, 0.3) is 0 Å². The van der Waals surface area contributed by atoms with Gasteiger partial charge in [0.1, 0.15) is 6.26 Å². The van der Waals surface area contributed by atoms with E-state index in [0.29, 0.717) is 3.57 Å². The van der Waals surface area contributed by atoms with E-state index in [2.05, 4.69) is 15.0 Å². The van der Waals surface area contributed by atoms with E-state index in [0.717, 1.165) is 0 Å². The Hall–Kier alpha value is -1.97. The number of nitro benzene ring substituents is 1. The Balaban J connectivity index is 2.29. The number of carbonyl (C=O) groups excluding carboxylic acids is 1. The first kappa shape index (κ1) is 12.5. The van der Waals surface area contributed by atoms with Crippen molar-refractivity contribution in [3.63, 3.8) is 0 Å². The Morgan fingerprint density at radius 2 is 2.22 bits per heavy atom. The van der Waals surface area contributed by atoms with E-state index < -0.39 is 10.8 Å². The molecular formula is C10H6IN3O4. The van der Waals surface area contributed by atoms with Gasteiger partial charge in [-0.15, -0.1) is 0 Å². The fourth-order valence-corrected chi connectivity index (χ4v) is 1.84. The highest BCUT2D eigenvalue weighted by Gasteiger charge is 2.16. The molecule has 0 atom stereocenters. The van der Waals surface area contributed by atoms with Gasteiger partial charge in [-0.3, -0.25) is 14.9 Å². The SMILES string of the molecule is O=C(Nc1ccon1)c1cc([N+](=O)[O-])ccc1I. The number of halogens is 1. The second-order valence-electron chi connectivity index (χ2n) is 3.26. The third-order valence-electron chi connectivity index (χ3n) is 2.08. The Bertz CT molecular complexity index is 597. The van der Waals surface area contributed by atoms with Gasteiger partial charge in [-0.05, 0) is 28.7 Å². The van der Waals surface area contributed by atoms with Gasteiger partial charge in [-0.1, -0.05) is 5.16 Å². The molecular weight excluding hydrogens is 353 g/mol. The average molecular weight is 359 g/mol. The number of rotatable bonds is 3. The second kappa shape index (κ2) is 5.12. The molecule has 1 aromatic carbocycles. The van der Waals surface area contributed by atoms with Crippen LogP contribution < -0.4 is 5.32 Å². The van der Waals surface area contributed by atoms with Crippen LogP contribution in [0.4, 0.5) is 11.5 Å². The zero-order valence-corrected chi connectivity index (χ0v) is 10.9. The van der Waals surface area contributed by atoms with Crippen LogP contribution in [0.3, 0.4) is 0 Å². The lowest BCUT2D eigenvalue weighted by Gasteiger charge is -2.03. The number of nitrogens with zero attached hydrogens (tertiary/aromatic N) is 2. The van der Waals surface area contributed by atoms with Gasteiger partial charge in [0, 0.05) is 21.8 Å². The Morgan fingerprint density at radius 1 is 1.44 bits per heavy atom. The van der Waals surface area contributed by atoms with Crippen molar-refractivity contribution in [3.05, 3.63) is 49.8 Å². The molecule has 1 amide bonds. The van der Waals surface area contributed by atoms with Crippen LogP contribution in [0.2, 0.25) is 0 Å². The molecule has 2 rings (SSSR count). The third-order valence-corrected chi connectivity index (χ3v) is 3.03. The number of anilines is 1. The molecule has 0 saturated heterocycles. The molecule has 2 aromatic rings. The van der Waals surface area contributed by atoms with Gasteiger partial charge in [0.2, 0.25) is 0 Å². The van der Waals surface area contributed by atoms with Crippen LogP contribution in [0.1, 0.15) is 10.4 Å². The van der Waals surface area contributed by atoms with Crippen molar-refractivity contribution in [3.8, 4) is 0 Å². The number of non-ortho nitro benzene ring substituents is 1. The first-order valence-electron chi connectivity index (χ1n) is 4.73. The largest absolute Gasteiger partial charge is 0.363 e. The molecule has 0 spiro atoms. The minimum Gasteiger partial charge on any atom is -0.363 e.